The number of hydrogen-bond acceptors (Lipinski definition) is 5. The van der Waals surface area contributed by atoms with Crippen molar-refractivity contribution in [3.63, 3.8) is 0 Å². The number of ether oxygens (including phenoxy) is 3. The largest absolute Gasteiger partial charge is 0.513 e. The van der Waals surface area contributed by atoms with E-state index in [0.717, 1.165) is 22.3 Å². The van der Waals surface area contributed by atoms with Crippen LogP contribution >= 0.6 is 0 Å². The van der Waals surface area contributed by atoms with Gasteiger partial charge in [0.1, 0.15) is 5.54 Å². The maximum absolute atomic E-state index is 13.0. The molecule has 0 saturated carbocycles. The number of carbonyl (C=O) groups excluding carboxylic acids is 2. The second-order valence-electron chi connectivity index (χ2n) is 7.41. The van der Waals surface area contributed by atoms with Crippen molar-refractivity contribution in [2.45, 2.75) is 59.1 Å². The maximum atomic E-state index is 13.0. The molecule has 0 bridgehead atoms. The molecule has 1 amide bonds. The van der Waals surface area contributed by atoms with Crippen LogP contribution in [-0.4, -0.2) is 36.9 Å². The first-order chi connectivity index (χ1) is 12.8. The van der Waals surface area contributed by atoms with Crippen molar-refractivity contribution >= 4 is 17.6 Å². The Bertz CT molecular complexity index is 813. The van der Waals surface area contributed by atoms with Gasteiger partial charge < -0.3 is 19.5 Å². The van der Waals surface area contributed by atoms with Crippen molar-refractivity contribution in [3.8, 4) is 0 Å². The fourth-order valence-corrected chi connectivity index (χ4v) is 3.94. The Morgan fingerprint density at radius 1 is 1.26 bits per heavy atom. The van der Waals surface area contributed by atoms with E-state index in [1.165, 1.54) is 0 Å². The first kappa shape index (κ1) is 19.4. The predicted octanol–water partition coefficient (Wildman–Crippen LogP) is 3.56. The molecule has 3 rings (SSSR count). The monoisotopic (exact) mass is 373 g/mol. The first-order valence-electron chi connectivity index (χ1n) is 9.39. The summed E-state index contributed by atoms with van der Waals surface area (Å²) in [6, 6.07) is 4.03. The number of amides is 1. The summed E-state index contributed by atoms with van der Waals surface area (Å²) in [5.74, 6) is 0.127. The third-order valence-electron chi connectivity index (χ3n) is 5.37. The highest BCUT2D eigenvalue weighted by atomic mass is 16.7. The van der Waals surface area contributed by atoms with Crippen molar-refractivity contribution in [1.29, 1.82) is 0 Å². The molecule has 2 aliphatic rings. The van der Waals surface area contributed by atoms with Gasteiger partial charge in [-0.15, -0.1) is 0 Å². The van der Waals surface area contributed by atoms with Crippen LogP contribution in [-0.2, 0) is 19.0 Å². The number of rotatable bonds is 3. The summed E-state index contributed by atoms with van der Waals surface area (Å²) in [4.78, 5) is 25.2. The van der Waals surface area contributed by atoms with Gasteiger partial charge in [0.25, 0.3) is 5.91 Å². The summed E-state index contributed by atoms with van der Waals surface area (Å²) >= 11 is 0. The molecule has 6 heteroatoms. The standard InChI is InChI=1S/C21H27NO5/c1-6-25-20(24)27-18-17(16-10-13(3)12(2)9-14(16)4)19(23)22-21(18)7-8-26-15(5)11-21/h9-10,15H,6-8,11H2,1-5H3,(H,22,23). The van der Waals surface area contributed by atoms with Gasteiger partial charge in [0.15, 0.2) is 5.76 Å². The smallest absolute Gasteiger partial charge is 0.434 e. The van der Waals surface area contributed by atoms with Crippen LogP contribution in [0.1, 0.15) is 48.9 Å². The molecule has 0 radical (unpaired) electrons. The highest BCUT2D eigenvalue weighted by Gasteiger charge is 2.50. The fourth-order valence-electron chi connectivity index (χ4n) is 3.94. The third kappa shape index (κ3) is 3.58. The number of carbonyl (C=O) groups is 2. The van der Waals surface area contributed by atoms with Crippen LogP contribution in [0.4, 0.5) is 4.79 Å². The van der Waals surface area contributed by atoms with Gasteiger partial charge in [0, 0.05) is 19.4 Å². The van der Waals surface area contributed by atoms with Crippen LogP contribution in [0.2, 0.25) is 0 Å². The Labute approximate surface area is 159 Å². The number of benzene rings is 1. The van der Waals surface area contributed by atoms with Gasteiger partial charge in [-0.3, -0.25) is 4.79 Å². The summed E-state index contributed by atoms with van der Waals surface area (Å²) < 4.78 is 16.3. The highest BCUT2D eigenvalue weighted by Crippen LogP contribution is 2.42. The van der Waals surface area contributed by atoms with Crippen molar-refractivity contribution in [3.05, 3.63) is 40.1 Å². The lowest BCUT2D eigenvalue weighted by Gasteiger charge is -2.37. The van der Waals surface area contributed by atoms with E-state index in [0.29, 0.717) is 30.8 Å². The van der Waals surface area contributed by atoms with Gasteiger partial charge in [0.2, 0.25) is 0 Å². The molecule has 2 unspecified atom stereocenters. The molecule has 27 heavy (non-hydrogen) atoms. The SMILES string of the molecule is CCOC(=O)OC1=C(c2cc(C)c(C)cc2C)C(=O)NC12CCOC(C)C2. The molecule has 0 aromatic heterocycles. The average Bonchev–Trinajstić information content (AvgIpc) is 2.82. The molecule has 0 aliphatic carbocycles. The molecule has 2 heterocycles. The zero-order chi connectivity index (χ0) is 19.8. The van der Waals surface area contributed by atoms with Gasteiger partial charge in [-0.25, -0.2) is 4.79 Å². The lowest BCUT2D eigenvalue weighted by Crippen LogP contribution is -2.51. The molecule has 1 fully saturated rings. The van der Waals surface area contributed by atoms with Gasteiger partial charge in [-0.1, -0.05) is 12.1 Å². The number of nitrogens with one attached hydrogen (secondary N) is 1. The van der Waals surface area contributed by atoms with E-state index >= 15 is 0 Å². The number of aryl methyl sites for hydroxylation is 3. The summed E-state index contributed by atoms with van der Waals surface area (Å²) in [6.45, 7) is 10.4. The Morgan fingerprint density at radius 2 is 1.96 bits per heavy atom. The van der Waals surface area contributed by atoms with Crippen molar-refractivity contribution < 1.29 is 23.8 Å². The van der Waals surface area contributed by atoms with E-state index in [1.54, 1.807) is 6.92 Å². The van der Waals surface area contributed by atoms with Crippen molar-refractivity contribution in [2.24, 2.45) is 0 Å². The van der Waals surface area contributed by atoms with E-state index in [-0.39, 0.29) is 18.6 Å². The van der Waals surface area contributed by atoms with E-state index in [2.05, 4.69) is 5.32 Å². The van der Waals surface area contributed by atoms with E-state index < -0.39 is 11.7 Å². The molecule has 146 valence electrons. The molecular formula is C21H27NO5. The summed E-state index contributed by atoms with van der Waals surface area (Å²) in [7, 11) is 0. The fraction of sp³-hybridized carbons (Fsp3) is 0.524. The van der Waals surface area contributed by atoms with Crippen LogP contribution in [0.15, 0.2) is 17.9 Å². The normalized spacial score (nSPS) is 24.9. The second kappa shape index (κ2) is 7.35. The molecule has 6 nitrogen and oxygen atoms in total. The zero-order valence-electron chi connectivity index (χ0n) is 16.6. The van der Waals surface area contributed by atoms with Gasteiger partial charge in [-0.2, -0.15) is 0 Å². The summed E-state index contributed by atoms with van der Waals surface area (Å²) in [5.41, 5.74) is 3.64. The van der Waals surface area contributed by atoms with E-state index in [1.807, 2.05) is 39.8 Å². The van der Waals surface area contributed by atoms with Crippen LogP contribution in [0.25, 0.3) is 5.57 Å². The minimum atomic E-state index is -0.790. The van der Waals surface area contributed by atoms with Crippen LogP contribution in [0.3, 0.4) is 0 Å². The van der Waals surface area contributed by atoms with Gasteiger partial charge in [-0.05, 0) is 56.9 Å². The van der Waals surface area contributed by atoms with E-state index in [9.17, 15) is 9.59 Å². The van der Waals surface area contributed by atoms with Crippen molar-refractivity contribution in [1.82, 2.24) is 5.32 Å². The average molecular weight is 373 g/mol. The molecule has 1 aromatic rings. The molecule has 1 spiro atoms. The van der Waals surface area contributed by atoms with Crippen LogP contribution < -0.4 is 5.32 Å². The zero-order valence-corrected chi connectivity index (χ0v) is 16.6. The lowest BCUT2D eigenvalue weighted by atomic mass is 9.84. The summed E-state index contributed by atoms with van der Waals surface area (Å²) in [5, 5.41) is 3.08. The van der Waals surface area contributed by atoms with Gasteiger partial charge in [0.05, 0.1) is 18.3 Å². The lowest BCUT2D eigenvalue weighted by molar-refractivity contribution is -0.117. The minimum absolute atomic E-state index is 0.0555. The quantitative estimate of drug-likeness (QED) is 0.820. The predicted molar refractivity (Wildman–Crippen MR) is 101 cm³/mol. The Balaban J connectivity index is 2.16. The highest BCUT2D eigenvalue weighted by molar-refractivity contribution is 6.24. The minimum Gasteiger partial charge on any atom is -0.434 e. The number of hydrogen-bond donors (Lipinski definition) is 1. The Morgan fingerprint density at radius 3 is 2.63 bits per heavy atom. The third-order valence-corrected chi connectivity index (χ3v) is 5.37. The summed E-state index contributed by atoms with van der Waals surface area (Å²) in [6.07, 6.45) is 0.244. The second-order valence-corrected chi connectivity index (χ2v) is 7.41. The Kier molecular flexibility index (Phi) is 5.29. The van der Waals surface area contributed by atoms with Crippen molar-refractivity contribution in [2.75, 3.05) is 13.2 Å². The first-order valence-corrected chi connectivity index (χ1v) is 9.39. The van der Waals surface area contributed by atoms with Crippen LogP contribution in [0, 0.1) is 20.8 Å². The van der Waals surface area contributed by atoms with E-state index in [4.69, 9.17) is 14.2 Å². The molecule has 2 atom stereocenters. The Hall–Kier alpha value is -2.34. The maximum Gasteiger partial charge on any atom is 0.513 e. The molecule has 1 aromatic carbocycles. The molecular weight excluding hydrogens is 346 g/mol. The van der Waals surface area contributed by atoms with Gasteiger partial charge >= 0.3 is 6.16 Å². The topological polar surface area (TPSA) is 73.9 Å². The molecule has 1 N–H and O–H groups in total. The van der Waals surface area contributed by atoms with Crippen LogP contribution in [0.5, 0.6) is 0 Å². The molecule has 2 aliphatic heterocycles. The molecule has 1 saturated heterocycles.